The minimum atomic E-state index is -3.15. The van der Waals surface area contributed by atoms with Crippen molar-refractivity contribution in [2.45, 2.75) is 76.3 Å². The maximum atomic E-state index is 14.1. The summed E-state index contributed by atoms with van der Waals surface area (Å²) in [7, 11) is 2.92. The summed E-state index contributed by atoms with van der Waals surface area (Å²) in [5, 5.41) is 17.0. The number of anilines is 1. The van der Waals surface area contributed by atoms with Crippen molar-refractivity contribution in [1.82, 2.24) is 35.5 Å². The van der Waals surface area contributed by atoms with Crippen molar-refractivity contribution >= 4 is 30.1 Å². The molecule has 18 heteroatoms. The smallest absolute Gasteiger partial charge is 0.409 e. The number of carbonyl (C=O) groups excluding carboxylic acids is 3. The van der Waals surface area contributed by atoms with E-state index in [-0.39, 0.29) is 74.9 Å². The number of aromatic nitrogens is 4. The van der Waals surface area contributed by atoms with E-state index >= 15 is 0 Å². The Kier molecular flexibility index (Phi) is 9.01. The van der Waals surface area contributed by atoms with Gasteiger partial charge in [0, 0.05) is 46.1 Å². The van der Waals surface area contributed by atoms with Gasteiger partial charge in [0.15, 0.2) is 5.69 Å². The highest BCUT2D eigenvalue weighted by Gasteiger charge is 2.51. The molecule has 3 aliphatic rings. The van der Waals surface area contributed by atoms with Crippen molar-refractivity contribution in [3.63, 3.8) is 0 Å². The number of amides is 3. The third-order valence-corrected chi connectivity index (χ3v) is 9.13. The zero-order valence-electron chi connectivity index (χ0n) is 25.9. The molecule has 2 aromatic heterocycles. The van der Waals surface area contributed by atoms with Crippen LogP contribution < -0.4 is 15.5 Å². The fourth-order valence-electron chi connectivity index (χ4n) is 6.49. The molecule has 14 nitrogen and oxygen atoms in total. The Balaban J connectivity index is 1.44. The van der Waals surface area contributed by atoms with E-state index in [1.165, 1.54) is 22.9 Å². The number of piperidine rings is 1. The molecular weight excluding hydrogens is 618 g/mol. The van der Waals surface area contributed by atoms with Crippen molar-refractivity contribution in [2.75, 3.05) is 38.7 Å². The van der Waals surface area contributed by atoms with Gasteiger partial charge in [-0.1, -0.05) is 5.16 Å². The number of fused-ring (bicyclic) bond motifs is 1. The zero-order chi connectivity index (χ0) is 33.4. The summed E-state index contributed by atoms with van der Waals surface area (Å²) >= 11 is 0. The highest BCUT2D eigenvalue weighted by molar-refractivity contribution is 5.93. The van der Waals surface area contributed by atoms with Crippen LogP contribution in [0.15, 0.2) is 15.9 Å². The molecule has 2 atom stereocenters. The summed E-state index contributed by atoms with van der Waals surface area (Å²) in [4.78, 5) is 46.9. The van der Waals surface area contributed by atoms with Crippen molar-refractivity contribution in [3.05, 3.63) is 23.3 Å². The molecule has 1 aliphatic carbocycles. The van der Waals surface area contributed by atoms with E-state index < -0.39 is 53.8 Å². The van der Waals surface area contributed by atoms with E-state index in [0.717, 1.165) is 0 Å². The number of alkyl halides is 4. The first-order valence-corrected chi connectivity index (χ1v) is 15.0. The molecule has 252 valence electrons. The van der Waals surface area contributed by atoms with Crippen LogP contribution in [-0.2, 0) is 9.53 Å². The SMILES string of the molecule is COC(=O)N1CCC(C(=O)NCC(C)(F)F)(C2C=Nn3cc([C@@H](NC(=O)c4nonc4C)C4CCC(F)(F)CC4)nc3N2C)CC1. The van der Waals surface area contributed by atoms with Gasteiger partial charge in [0.2, 0.25) is 17.8 Å². The van der Waals surface area contributed by atoms with Crippen LogP contribution in [0.25, 0.3) is 0 Å². The lowest BCUT2D eigenvalue weighted by Crippen LogP contribution is -2.61. The molecule has 1 saturated heterocycles. The van der Waals surface area contributed by atoms with Crippen LogP contribution in [-0.4, -0.2) is 101 Å². The van der Waals surface area contributed by atoms with E-state index in [2.05, 4.69) is 30.7 Å². The molecule has 3 amide bonds. The topological polar surface area (TPSA) is 160 Å². The number of hydrogen-bond donors (Lipinski definition) is 2. The summed E-state index contributed by atoms with van der Waals surface area (Å²) in [5.74, 6) is -7.28. The van der Waals surface area contributed by atoms with Gasteiger partial charge in [0.05, 0.1) is 43.0 Å². The van der Waals surface area contributed by atoms with Gasteiger partial charge in [-0.15, -0.1) is 0 Å². The molecule has 2 aromatic rings. The van der Waals surface area contributed by atoms with E-state index in [1.807, 2.05) is 0 Å². The number of imidazole rings is 1. The van der Waals surface area contributed by atoms with Crippen molar-refractivity contribution in [3.8, 4) is 0 Å². The Morgan fingerprint density at radius 3 is 2.41 bits per heavy atom. The maximum absolute atomic E-state index is 14.1. The Bertz CT molecular complexity index is 1470. The molecule has 0 spiro atoms. The van der Waals surface area contributed by atoms with Crippen molar-refractivity contribution in [2.24, 2.45) is 16.4 Å². The Morgan fingerprint density at radius 1 is 1.15 bits per heavy atom. The second kappa shape index (κ2) is 12.5. The monoisotopic (exact) mass is 655 g/mol. The van der Waals surface area contributed by atoms with Crippen LogP contribution in [0.3, 0.4) is 0 Å². The summed E-state index contributed by atoms with van der Waals surface area (Å²) in [5.41, 5.74) is -0.715. The van der Waals surface area contributed by atoms with E-state index in [0.29, 0.717) is 12.6 Å². The summed E-state index contributed by atoms with van der Waals surface area (Å²) < 4.78 is 66.6. The fraction of sp³-hybridized carbons (Fsp3) is 0.679. The Hall–Kier alpha value is -4.25. The predicted molar refractivity (Wildman–Crippen MR) is 154 cm³/mol. The largest absolute Gasteiger partial charge is 0.453 e. The standard InChI is InChI=1S/C28H37F4N9O5/c1-16-20(38-46-37-16)22(42)36-21(17-5-7-28(31,32)8-6-17)18-14-41-24(35-18)39(3)19(13-34-41)27(23(43)33-15-26(2,29)30)9-11-40(12-10-27)25(44)45-4/h13-14,17,19,21H,5-12,15H2,1-4H3,(H,33,43)(H,36,42)/t19?,21-/m0/s1. The summed E-state index contributed by atoms with van der Waals surface area (Å²) in [6.45, 7) is 1.65. The number of methoxy groups -OCH3 is 1. The first-order chi connectivity index (χ1) is 21.6. The van der Waals surface area contributed by atoms with Crippen LogP contribution in [0.4, 0.5) is 28.3 Å². The van der Waals surface area contributed by atoms with Gasteiger partial charge in [0.25, 0.3) is 11.8 Å². The number of likely N-dealkylation sites (tertiary alicyclic amines) is 1. The lowest BCUT2D eigenvalue weighted by atomic mass is 9.71. The molecule has 0 radical (unpaired) electrons. The minimum absolute atomic E-state index is 0.0470. The minimum Gasteiger partial charge on any atom is -0.453 e. The van der Waals surface area contributed by atoms with E-state index in [4.69, 9.17) is 9.72 Å². The fourth-order valence-corrected chi connectivity index (χ4v) is 6.49. The Morgan fingerprint density at radius 2 is 1.83 bits per heavy atom. The number of carbonyl (C=O) groups is 3. The van der Waals surface area contributed by atoms with Crippen LogP contribution in [0.5, 0.6) is 0 Å². The molecule has 2 fully saturated rings. The third-order valence-electron chi connectivity index (χ3n) is 9.13. The van der Waals surface area contributed by atoms with Gasteiger partial charge in [-0.25, -0.2) is 36.6 Å². The number of nitrogens with one attached hydrogen (secondary N) is 2. The molecule has 4 heterocycles. The molecular formula is C28H37F4N9O5. The molecule has 46 heavy (non-hydrogen) atoms. The predicted octanol–water partition coefficient (Wildman–Crippen LogP) is 3.14. The number of halogens is 4. The molecule has 0 aromatic carbocycles. The van der Waals surface area contributed by atoms with Gasteiger partial charge in [-0.05, 0) is 43.7 Å². The van der Waals surface area contributed by atoms with E-state index in [9.17, 15) is 31.9 Å². The maximum Gasteiger partial charge on any atom is 0.409 e. The first-order valence-electron chi connectivity index (χ1n) is 15.0. The zero-order valence-corrected chi connectivity index (χ0v) is 25.9. The van der Waals surface area contributed by atoms with E-state index in [1.54, 1.807) is 25.1 Å². The lowest BCUT2D eigenvalue weighted by Gasteiger charge is -2.47. The number of hydrogen-bond acceptors (Lipinski definition) is 10. The summed E-state index contributed by atoms with van der Waals surface area (Å²) in [6.07, 6.45) is 2.34. The van der Waals surface area contributed by atoms with Crippen molar-refractivity contribution in [1.29, 1.82) is 0 Å². The van der Waals surface area contributed by atoms with Gasteiger partial charge in [0.1, 0.15) is 5.69 Å². The van der Waals surface area contributed by atoms with Crippen LogP contribution in [0, 0.1) is 18.3 Å². The third kappa shape index (κ3) is 6.65. The van der Waals surface area contributed by atoms with Gasteiger partial charge < -0.3 is 25.2 Å². The molecule has 1 saturated carbocycles. The molecule has 2 N–H and O–H groups in total. The average Bonchev–Trinajstić information content (AvgIpc) is 3.65. The highest BCUT2D eigenvalue weighted by Crippen LogP contribution is 2.43. The molecule has 5 rings (SSSR count). The van der Waals surface area contributed by atoms with Crippen LogP contribution in [0.1, 0.15) is 73.4 Å². The molecule has 2 aliphatic heterocycles. The first kappa shape index (κ1) is 33.1. The number of aryl methyl sites for hydroxylation is 1. The van der Waals surface area contributed by atoms with Gasteiger partial charge in [-0.2, -0.15) is 5.10 Å². The number of nitrogens with zero attached hydrogens (tertiary/aromatic N) is 7. The number of rotatable bonds is 8. The second-order valence-corrected chi connectivity index (χ2v) is 12.3. The van der Waals surface area contributed by atoms with Crippen molar-refractivity contribution < 1.29 is 41.3 Å². The average molecular weight is 656 g/mol. The van der Waals surface area contributed by atoms with Crippen LogP contribution in [0.2, 0.25) is 0 Å². The van der Waals surface area contributed by atoms with Gasteiger partial charge >= 0.3 is 6.09 Å². The highest BCUT2D eigenvalue weighted by atomic mass is 19.3. The number of ether oxygens (including phenoxy) is 1. The van der Waals surface area contributed by atoms with Crippen LogP contribution >= 0.6 is 0 Å². The molecule has 0 bridgehead atoms. The second-order valence-electron chi connectivity index (χ2n) is 12.3. The van der Waals surface area contributed by atoms with Gasteiger partial charge in [-0.3, -0.25) is 9.59 Å². The lowest BCUT2D eigenvalue weighted by molar-refractivity contribution is -0.135. The summed E-state index contributed by atoms with van der Waals surface area (Å²) in [6, 6.07) is -1.56. The Labute approximate surface area is 261 Å². The normalized spacial score (nSPS) is 21.8. The molecule has 1 unspecified atom stereocenters. The quantitative estimate of drug-likeness (QED) is 0.408.